The van der Waals surface area contributed by atoms with Gasteiger partial charge >= 0.3 is 5.97 Å². The molecule has 1 aliphatic heterocycles. The SMILES string of the molecule is O=C(O)CCCN1C(=O)C(=Cc2cnccc2-c2ccc(Cl)cc2)SC1=S. The van der Waals surface area contributed by atoms with Crippen LogP contribution in [0, 0.1) is 0 Å². The average molecular weight is 419 g/mol. The highest BCUT2D eigenvalue weighted by molar-refractivity contribution is 8.26. The second-order valence-electron chi connectivity index (χ2n) is 5.80. The Balaban J connectivity index is 1.85. The first-order valence-electron chi connectivity index (χ1n) is 8.13. The quantitative estimate of drug-likeness (QED) is 0.551. The lowest BCUT2D eigenvalue weighted by Crippen LogP contribution is -2.29. The normalized spacial score (nSPS) is 15.6. The van der Waals surface area contributed by atoms with Crippen molar-refractivity contribution in [2.45, 2.75) is 12.8 Å². The smallest absolute Gasteiger partial charge is 0.303 e. The molecule has 1 amide bonds. The zero-order valence-electron chi connectivity index (χ0n) is 14.1. The Labute approximate surface area is 171 Å². The molecule has 27 heavy (non-hydrogen) atoms. The molecular weight excluding hydrogens is 404 g/mol. The van der Waals surface area contributed by atoms with E-state index < -0.39 is 5.97 Å². The summed E-state index contributed by atoms with van der Waals surface area (Å²) < 4.78 is 0.438. The van der Waals surface area contributed by atoms with Gasteiger partial charge in [0.2, 0.25) is 0 Å². The lowest BCUT2D eigenvalue weighted by atomic mass is 10.0. The minimum absolute atomic E-state index is 0.000568. The number of nitrogens with zero attached hydrogens (tertiary/aromatic N) is 2. The number of carbonyl (C=O) groups excluding carboxylic acids is 1. The van der Waals surface area contributed by atoms with Crippen LogP contribution in [0.5, 0.6) is 0 Å². The molecular formula is C19H15ClN2O3S2. The van der Waals surface area contributed by atoms with Gasteiger partial charge in [0.1, 0.15) is 4.32 Å². The number of rotatable bonds is 6. The van der Waals surface area contributed by atoms with E-state index in [0.29, 0.717) is 27.2 Å². The maximum absolute atomic E-state index is 12.7. The van der Waals surface area contributed by atoms with E-state index in [1.54, 1.807) is 18.5 Å². The number of aliphatic carboxylic acids is 1. The molecule has 1 aliphatic rings. The van der Waals surface area contributed by atoms with Gasteiger partial charge in [-0.2, -0.15) is 0 Å². The van der Waals surface area contributed by atoms with E-state index in [1.807, 2.05) is 30.3 Å². The van der Waals surface area contributed by atoms with Gasteiger partial charge < -0.3 is 5.11 Å². The first kappa shape index (κ1) is 19.5. The summed E-state index contributed by atoms with van der Waals surface area (Å²) in [5.41, 5.74) is 2.69. The highest BCUT2D eigenvalue weighted by Crippen LogP contribution is 2.34. The largest absolute Gasteiger partial charge is 0.481 e. The number of halogens is 1. The molecule has 1 aromatic carbocycles. The molecule has 5 nitrogen and oxygen atoms in total. The van der Waals surface area contributed by atoms with Gasteiger partial charge in [0.15, 0.2) is 0 Å². The van der Waals surface area contributed by atoms with Crippen molar-refractivity contribution in [3.05, 3.63) is 58.2 Å². The molecule has 1 aromatic heterocycles. The third kappa shape index (κ3) is 4.74. The Kier molecular flexibility index (Phi) is 6.26. The number of carbonyl (C=O) groups is 2. The van der Waals surface area contributed by atoms with Crippen LogP contribution in [0.1, 0.15) is 18.4 Å². The summed E-state index contributed by atoms with van der Waals surface area (Å²) in [7, 11) is 0. The van der Waals surface area contributed by atoms with E-state index in [2.05, 4.69) is 4.98 Å². The van der Waals surface area contributed by atoms with E-state index in [9.17, 15) is 9.59 Å². The van der Waals surface area contributed by atoms with Gasteiger partial charge in [-0.3, -0.25) is 19.5 Å². The van der Waals surface area contributed by atoms with Crippen molar-refractivity contribution in [2.75, 3.05) is 6.54 Å². The molecule has 1 N–H and O–H groups in total. The van der Waals surface area contributed by atoms with Crippen molar-refractivity contribution in [1.29, 1.82) is 0 Å². The minimum atomic E-state index is -0.890. The van der Waals surface area contributed by atoms with Crippen LogP contribution >= 0.6 is 35.6 Å². The average Bonchev–Trinajstić information content (AvgIpc) is 2.90. The van der Waals surface area contributed by atoms with Crippen molar-refractivity contribution >= 4 is 57.9 Å². The number of thiocarbonyl (C=S) groups is 1. The van der Waals surface area contributed by atoms with Crippen LogP contribution < -0.4 is 0 Å². The zero-order valence-corrected chi connectivity index (χ0v) is 16.5. The molecule has 0 bridgehead atoms. The second kappa shape index (κ2) is 8.65. The number of aromatic nitrogens is 1. The second-order valence-corrected chi connectivity index (χ2v) is 7.91. The summed E-state index contributed by atoms with van der Waals surface area (Å²) in [6.07, 6.45) is 5.52. The van der Waals surface area contributed by atoms with Crippen molar-refractivity contribution < 1.29 is 14.7 Å². The van der Waals surface area contributed by atoms with Gasteiger partial charge in [-0.1, -0.05) is 47.7 Å². The first-order valence-corrected chi connectivity index (χ1v) is 9.73. The van der Waals surface area contributed by atoms with Crippen LogP contribution in [-0.2, 0) is 9.59 Å². The predicted molar refractivity (Wildman–Crippen MR) is 111 cm³/mol. The first-order chi connectivity index (χ1) is 13.0. The molecule has 0 radical (unpaired) electrons. The molecule has 1 fully saturated rings. The maximum atomic E-state index is 12.7. The predicted octanol–water partition coefficient (Wildman–Crippen LogP) is 4.47. The Morgan fingerprint density at radius 3 is 2.74 bits per heavy atom. The van der Waals surface area contributed by atoms with Gasteiger partial charge in [0.25, 0.3) is 5.91 Å². The third-order valence-corrected chi connectivity index (χ3v) is 5.57. The molecule has 2 heterocycles. The van der Waals surface area contributed by atoms with Crippen molar-refractivity contribution in [2.24, 2.45) is 0 Å². The molecule has 3 rings (SSSR count). The van der Waals surface area contributed by atoms with Gasteiger partial charge in [-0.15, -0.1) is 0 Å². The number of benzene rings is 1. The van der Waals surface area contributed by atoms with Crippen molar-refractivity contribution in [3.63, 3.8) is 0 Å². The number of thioether (sulfide) groups is 1. The van der Waals surface area contributed by atoms with Gasteiger partial charge in [-0.05, 0) is 41.8 Å². The highest BCUT2D eigenvalue weighted by atomic mass is 35.5. The summed E-state index contributed by atoms with van der Waals surface area (Å²) in [5, 5.41) is 9.40. The third-order valence-electron chi connectivity index (χ3n) is 3.94. The number of pyridine rings is 1. The van der Waals surface area contributed by atoms with Crippen LogP contribution in [0.3, 0.4) is 0 Å². The summed E-state index contributed by atoms with van der Waals surface area (Å²) in [6, 6.07) is 9.31. The van der Waals surface area contributed by atoms with Crippen LogP contribution in [0.15, 0.2) is 47.6 Å². The Morgan fingerprint density at radius 2 is 2.04 bits per heavy atom. The number of hydrogen-bond donors (Lipinski definition) is 1. The van der Waals surface area contributed by atoms with Crippen molar-refractivity contribution in [1.82, 2.24) is 9.88 Å². The standard InChI is InChI=1S/C19H15ClN2O3S2/c20-14-5-3-12(4-6-14)15-7-8-21-11-13(15)10-16-18(25)22(19(26)27-16)9-1-2-17(23)24/h3-8,10-11H,1-2,9H2,(H,23,24). The molecule has 8 heteroatoms. The molecule has 0 unspecified atom stereocenters. The fraction of sp³-hybridized carbons (Fsp3) is 0.158. The number of carboxylic acids is 1. The molecule has 0 atom stereocenters. The number of carboxylic acid groups (broad SMARTS) is 1. The monoisotopic (exact) mass is 418 g/mol. The molecule has 0 spiro atoms. The van der Waals surface area contributed by atoms with Gasteiger partial charge in [0.05, 0.1) is 4.91 Å². The highest BCUT2D eigenvalue weighted by Gasteiger charge is 2.31. The summed E-state index contributed by atoms with van der Waals surface area (Å²) >= 11 is 12.5. The van der Waals surface area contributed by atoms with E-state index in [4.69, 9.17) is 28.9 Å². The lowest BCUT2D eigenvalue weighted by molar-refractivity contribution is -0.137. The Morgan fingerprint density at radius 1 is 1.30 bits per heavy atom. The molecule has 2 aromatic rings. The fourth-order valence-corrected chi connectivity index (χ4v) is 4.06. The van der Waals surface area contributed by atoms with Crippen LogP contribution in [0.4, 0.5) is 0 Å². The Bertz CT molecular complexity index is 929. The van der Waals surface area contributed by atoms with Crippen molar-refractivity contribution in [3.8, 4) is 11.1 Å². The van der Waals surface area contributed by atoms with Crippen LogP contribution in [0.2, 0.25) is 5.02 Å². The number of amides is 1. The maximum Gasteiger partial charge on any atom is 0.303 e. The van der Waals surface area contributed by atoms with Crippen LogP contribution in [-0.4, -0.2) is 37.7 Å². The fourth-order valence-electron chi connectivity index (χ4n) is 2.64. The van der Waals surface area contributed by atoms with E-state index in [-0.39, 0.29) is 12.3 Å². The summed E-state index contributed by atoms with van der Waals surface area (Å²) in [5.74, 6) is -1.10. The molecule has 0 aliphatic carbocycles. The van der Waals surface area contributed by atoms with E-state index >= 15 is 0 Å². The molecule has 138 valence electrons. The lowest BCUT2D eigenvalue weighted by Gasteiger charge is -2.13. The van der Waals surface area contributed by atoms with E-state index in [0.717, 1.165) is 16.7 Å². The summed E-state index contributed by atoms with van der Waals surface area (Å²) in [6.45, 7) is 0.297. The topological polar surface area (TPSA) is 70.5 Å². The van der Waals surface area contributed by atoms with Crippen LogP contribution in [0.25, 0.3) is 17.2 Å². The van der Waals surface area contributed by atoms with Gasteiger partial charge in [-0.25, -0.2) is 0 Å². The van der Waals surface area contributed by atoms with Gasteiger partial charge in [0, 0.05) is 35.9 Å². The molecule has 0 saturated carbocycles. The molecule has 1 saturated heterocycles. The Hall–Kier alpha value is -2.22. The summed E-state index contributed by atoms with van der Waals surface area (Å²) in [4.78, 5) is 29.4. The number of hydrogen-bond acceptors (Lipinski definition) is 5. The minimum Gasteiger partial charge on any atom is -0.481 e. The van der Waals surface area contributed by atoms with E-state index in [1.165, 1.54) is 16.7 Å². The zero-order chi connectivity index (χ0) is 19.4.